The van der Waals surface area contributed by atoms with Crippen LogP contribution in [-0.2, 0) is 4.74 Å². The van der Waals surface area contributed by atoms with E-state index >= 15 is 0 Å². The Kier molecular flexibility index (Phi) is 3.57. The highest BCUT2D eigenvalue weighted by atomic mass is 16.5. The minimum atomic E-state index is -0.518. The molecule has 0 bridgehead atoms. The molecule has 0 saturated carbocycles. The molecule has 3 aromatic heterocycles. The fourth-order valence-corrected chi connectivity index (χ4v) is 3.16. The number of benzene rings is 1. The van der Waals surface area contributed by atoms with Gasteiger partial charge in [0.25, 0.3) is 5.56 Å². The second kappa shape index (κ2) is 5.80. The SMILES string of the molecule is COC(=O)c1cnn2c1ncc1c(=O)n(-c3cc(C)cc(C)c3)ccc12. The fourth-order valence-electron chi connectivity index (χ4n) is 3.16. The van der Waals surface area contributed by atoms with Crippen LogP contribution < -0.4 is 5.56 Å². The van der Waals surface area contributed by atoms with Gasteiger partial charge in [0.1, 0.15) is 5.56 Å². The predicted octanol–water partition coefficient (Wildman–Crippen LogP) is 2.44. The van der Waals surface area contributed by atoms with E-state index in [-0.39, 0.29) is 11.1 Å². The molecule has 7 nitrogen and oxygen atoms in total. The molecular formula is C19H16N4O3. The van der Waals surface area contributed by atoms with Crippen LogP contribution in [-0.4, -0.2) is 32.2 Å². The van der Waals surface area contributed by atoms with Crippen LogP contribution in [0.2, 0.25) is 0 Å². The maximum absolute atomic E-state index is 13.0. The molecule has 0 unspecified atom stereocenters. The average Bonchev–Trinajstić information content (AvgIpc) is 3.05. The summed E-state index contributed by atoms with van der Waals surface area (Å²) in [5.41, 5.74) is 3.95. The number of carbonyl (C=O) groups excluding carboxylic acids is 1. The van der Waals surface area contributed by atoms with E-state index in [1.165, 1.54) is 24.0 Å². The van der Waals surface area contributed by atoms with Gasteiger partial charge in [-0.3, -0.25) is 9.36 Å². The average molecular weight is 348 g/mol. The van der Waals surface area contributed by atoms with Crippen LogP contribution in [0.1, 0.15) is 21.5 Å². The number of aryl methyl sites for hydroxylation is 2. The molecule has 4 rings (SSSR count). The molecule has 4 aromatic rings. The topological polar surface area (TPSA) is 78.5 Å². The van der Waals surface area contributed by atoms with Crippen molar-refractivity contribution in [2.45, 2.75) is 13.8 Å². The summed E-state index contributed by atoms with van der Waals surface area (Å²) in [5, 5.41) is 4.61. The molecule has 0 aliphatic carbocycles. The first-order valence-corrected chi connectivity index (χ1v) is 8.04. The summed E-state index contributed by atoms with van der Waals surface area (Å²) >= 11 is 0. The molecule has 0 radical (unpaired) electrons. The van der Waals surface area contributed by atoms with Gasteiger partial charge in [0, 0.05) is 18.1 Å². The number of aromatic nitrogens is 4. The Morgan fingerprint density at radius 3 is 2.54 bits per heavy atom. The predicted molar refractivity (Wildman–Crippen MR) is 96.9 cm³/mol. The summed E-state index contributed by atoms with van der Waals surface area (Å²) in [4.78, 5) is 29.1. The van der Waals surface area contributed by atoms with Gasteiger partial charge in [0.2, 0.25) is 0 Å². The van der Waals surface area contributed by atoms with E-state index in [9.17, 15) is 9.59 Å². The molecule has 0 fully saturated rings. The van der Waals surface area contributed by atoms with Crippen LogP contribution in [0.3, 0.4) is 0 Å². The normalized spacial score (nSPS) is 11.2. The molecule has 130 valence electrons. The van der Waals surface area contributed by atoms with Gasteiger partial charge in [-0.15, -0.1) is 0 Å². The Balaban J connectivity index is 1.98. The molecule has 0 aliphatic rings. The molecule has 26 heavy (non-hydrogen) atoms. The van der Waals surface area contributed by atoms with Crippen molar-refractivity contribution in [2.75, 3.05) is 7.11 Å². The maximum atomic E-state index is 13.0. The molecular weight excluding hydrogens is 332 g/mol. The van der Waals surface area contributed by atoms with Crippen LogP contribution in [0.25, 0.3) is 22.2 Å². The van der Waals surface area contributed by atoms with Crippen molar-refractivity contribution in [2.24, 2.45) is 0 Å². The molecule has 0 aliphatic heterocycles. The summed E-state index contributed by atoms with van der Waals surface area (Å²) in [7, 11) is 1.30. The van der Waals surface area contributed by atoms with Crippen LogP contribution in [0.15, 0.2) is 47.7 Å². The zero-order valence-corrected chi connectivity index (χ0v) is 14.6. The number of nitrogens with zero attached hydrogens (tertiary/aromatic N) is 4. The number of methoxy groups -OCH3 is 1. The minimum absolute atomic E-state index is 0.197. The lowest BCUT2D eigenvalue weighted by Crippen LogP contribution is -2.19. The van der Waals surface area contributed by atoms with Gasteiger partial charge in [-0.25, -0.2) is 14.3 Å². The van der Waals surface area contributed by atoms with E-state index in [1.807, 2.05) is 26.0 Å². The Morgan fingerprint density at radius 2 is 1.85 bits per heavy atom. The fraction of sp³-hybridized carbons (Fsp3) is 0.158. The number of esters is 1. The molecule has 1 aromatic carbocycles. The summed E-state index contributed by atoms with van der Waals surface area (Å²) in [6.07, 6.45) is 4.57. The number of rotatable bonds is 2. The van der Waals surface area contributed by atoms with E-state index in [1.54, 1.807) is 16.8 Å². The lowest BCUT2D eigenvalue weighted by Gasteiger charge is -2.10. The lowest BCUT2D eigenvalue weighted by atomic mass is 10.1. The largest absolute Gasteiger partial charge is 0.465 e. The second-order valence-electron chi connectivity index (χ2n) is 6.18. The zero-order chi connectivity index (χ0) is 18.4. The van der Waals surface area contributed by atoms with Gasteiger partial charge in [-0.05, 0) is 43.2 Å². The molecule has 0 spiro atoms. The van der Waals surface area contributed by atoms with E-state index in [2.05, 4.69) is 16.1 Å². The number of fused-ring (bicyclic) bond motifs is 3. The van der Waals surface area contributed by atoms with Crippen molar-refractivity contribution in [1.29, 1.82) is 0 Å². The van der Waals surface area contributed by atoms with Gasteiger partial charge in [0.15, 0.2) is 5.65 Å². The first-order chi connectivity index (χ1) is 12.5. The van der Waals surface area contributed by atoms with Gasteiger partial charge in [-0.1, -0.05) is 6.07 Å². The lowest BCUT2D eigenvalue weighted by molar-refractivity contribution is 0.0602. The number of hydrogen-bond donors (Lipinski definition) is 0. The zero-order valence-electron chi connectivity index (χ0n) is 14.6. The number of carbonyl (C=O) groups is 1. The Labute approximate surface area is 148 Å². The van der Waals surface area contributed by atoms with Crippen molar-refractivity contribution in [3.63, 3.8) is 0 Å². The van der Waals surface area contributed by atoms with Gasteiger partial charge in [-0.2, -0.15) is 5.10 Å². The van der Waals surface area contributed by atoms with E-state index in [0.717, 1.165) is 16.8 Å². The third kappa shape index (κ3) is 2.36. The molecule has 0 N–H and O–H groups in total. The first kappa shape index (κ1) is 16.0. The van der Waals surface area contributed by atoms with Crippen molar-refractivity contribution in [1.82, 2.24) is 19.2 Å². The summed E-state index contributed by atoms with van der Waals surface area (Å²) in [6.45, 7) is 3.98. The van der Waals surface area contributed by atoms with E-state index in [0.29, 0.717) is 16.6 Å². The Morgan fingerprint density at radius 1 is 1.12 bits per heavy atom. The van der Waals surface area contributed by atoms with Crippen molar-refractivity contribution in [3.05, 3.63) is 69.9 Å². The molecule has 0 atom stereocenters. The highest BCUT2D eigenvalue weighted by Crippen LogP contribution is 2.17. The Hall–Kier alpha value is -3.48. The maximum Gasteiger partial charge on any atom is 0.343 e. The van der Waals surface area contributed by atoms with E-state index in [4.69, 9.17) is 4.74 Å². The summed E-state index contributed by atoms with van der Waals surface area (Å²) in [6, 6.07) is 7.75. The van der Waals surface area contributed by atoms with Crippen molar-refractivity contribution < 1.29 is 9.53 Å². The summed E-state index contributed by atoms with van der Waals surface area (Å²) < 4.78 is 7.80. The molecule has 7 heteroatoms. The van der Waals surface area contributed by atoms with Crippen LogP contribution in [0.4, 0.5) is 0 Å². The molecule has 0 saturated heterocycles. The van der Waals surface area contributed by atoms with Crippen LogP contribution in [0.5, 0.6) is 0 Å². The number of ether oxygens (including phenoxy) is 1. The smallest absolute Gasteiger partial charge is 0.343 e. The van der Waals surface area contributed by atoms with Gasteiger partial charge in [0.05, 0.1) is 24.2 Å². The minimum Gasteiger partial charge on any atom is -0.465 e. The second-order valence-corrected chi connectivity index (χ2v) is 6.18. The standard InChI is InChI=1S/C19H16N4O3/c1-11-6-12(2)8-13(7-11)22-5-4-16-14(18(22)24)9-20-17-15(19(25)26-3)10-21-23(16)17/h4-10H,1-3H3. The van der Waals surface area contributed by atoms with Crippen molar-refractivity contribution >= 4 is 22.5 Å². The van der Waals surface area contributed by atoms with E-state index < -0.39 is 5.97 Å². The molecule has 3 heterocycles. The Bertz CT molecular complexity index is 1220. The third-order valence-corrected chi connectivity index (χ3v) is 4.28. The quantitative estimate of drug-likeness (QED) is 0.520. The third-order valence-electron chi connectivity index (χ3n) is 4.28. The van der Waals surface area contributed by atoms with Gasteiger partial charge >= 0.3 is 5.97 Å². The summed E-state index contributed by atoms with van der Waals surface area (Å²) in [5.74, 6) is -0.518. The van der Waals surface area contributed by atoms with Crippen LogP contribution in [0, 0.1) is 13.8 Å². The highest BCUT2D eigenvalue weighted by molar-refractivity contribution is 5.96. The van der Waals surface area contributed by atoms with Gasteiger partial charge < -0.3 is 4.74 Å². The highest BCUT2D eigenvalue weighted by Gasteiger charge is 2.17. The molecule has 0 amide bonds. The monoisotopic (exact) mass is 348 g/mol. The van der Waals surface area contributed by atoms with Crippen molar-refractivity contribution in [3.8, 4) is 5.69 Å². The first-order valence-electron chi connectivity index (χ1n) is 8.04. The number of hydrogen-bond acceptors (Lipinski definition) is 5. The number of pyridine rings is 1. The van der Waals surface area contributed by atoms with Crippen LogP contribution >= 0.6 is 0 Å².